The number of nitrogens with one attached hydrogen (secondary N) is 2. The molecule has 0 radical (unpaired) electrons. The Bertz CT molecular complexity index is 620. The third-order valence-electron chi connectivity index (χ3n) is 2.66. The van der Waals surface area contributed by atoms with Gasteiger partial charge in [-0.25, -0.2) is 9.78 Å². The molecule has 7 heteroatoms. The van der Waals surface area contributed by atoms with Gasteiger partial charge in [0.2, 0.25) is 5.91 Å². The Labute approximate surface area is 109 Å². The fourth-order valence-corrected chi connectivity index (χ4v) is 1.74. The fourth-order valence-electron chi connectivity index (χ4n) is 1.74. The molecule has 0 spiro atoms. The van der Waals surface area contributed by atoms with Gasteiger partial charge in [-0.2, -0.15) is 0 Å². The van der Waals surface area contributed by atoms with Crippen LogP contribution in [0.1, 0.15) is 16.9 Å². The summed E-state index contributed by atoms with van der Waals surface area (Å²) in [5.74, 6) is -0.920. The minimum atomic E-state index is -1.07. The van der Waals surface area contributed by atoms with Crippen molar-refractivity contribution in [1.29, 1.82) is 0 Å². The number of anilines is 1. The molecule has 3 N–H and O–H groups in total. The van der Waals surface area contributed by atoms with Crippen LogP contribution in [0.2, 0.25) is 0 Å². The highest BCUT2D eigenvalue weighted by Gasteiger charge is 2.17. The second kappa shape index (κ2) is 5.38. The summed E-state index contributed by atoms with van der Waals surface area (Å²) in [4.78, 5) is 26.6. The number of carbonyl (C=O) groups excluding carboxylic acids is 1. The van der Waals surface area contributed by atoms with Crippen LogP contribution in [-0.2, 0) is 4.79 Å². The predicted molar refractivity (Wildman–Crippen MR) is 69.3 cm³/mol. The largest absolute Gasteiger partial charge is 0.476 e. The van der Waals surface area contributed by atoms with Crippen LogP contribution in [0.25, 0.3) is 5.65 Å². The van der Waals surface area contributed by atoms with E-state index < -0.39 is 5.97 Å². The summed E-state index contributed by atoms with van der Waals surface area (Å²) in [5.41, 5.74) is 0.606. The summed E-state index contributed by atoms with van der Waals surface area (Å²) < 4.78 is 1.49. The van der Waals surface area contributed by atoms with Gasteiger partial charge in [0, 0.05) is 26.2 Å². The number of imidazole rings is 1. The van der Waals surface area contributed by atoms with Crippen molar-refractivity contribution < 1.29 is 14.7 Å². The molecule has 2 aromatic rings. The van der Waals surface area contributed by atoms with Crippen LogP contribution < -0.4 is 10.6 Å². The van der Waals surface area contributed by atoms with E-state index in [0.717, 1.165) is 0 Å². The van der Waals surface area contributed by atoms with E-state index in [4.69, 9.17) is 0 Å². The number of aromatic carboxylic acids is 1. The molecule has 0 saturated carbocycles. The third kappa shape index (κ3) is 2.65. The highest BCUT2D eigenvalue weighted by atomic mass is 16.4. The quantitative estimate of drug-likeness (QED) is 0.732. The van der Waals surface area contributed by atoms with E-state index in [9.17, 15) is 14.7 Å². The highest BCUT2D eigenvalue weighted by Crippen LogP contribution is 2.17. The number of pyridine rings is 1. The van der Waals surface area contributed by atoms with Crippen molar-refractivity contribution in [1.82, 2.24) is 14.7 Å². The van der Waals surface area contributed by atoms with Gasteiger partial charge in [-0.05, 0) is 12.1 Å². The van der Waals surface area contributed by atoms with Gasteiger partial charge in [-0.3, -0.25) is 9.20 Å². The van der Waals surface area contributed by atoms with Gasteiger partial charge in [0.25, 0.3) is 0 Å². The van der Waals surface area contributed by atoms with E-state index in [2.05, 4.69) is 15.6 Å². The van der Waals surface area contributed by atoms with Crippen LogP contribution in [-0.4, -0.2) is 40.0 Å². The van der Waals surface area contributed by atoms with Crippen molar-refractivity contribution in [3.05, 3.63) is 30.1 Å². The monoisotopic (exact) mass is 262 g/mol. The van der Waals surface area contributed by atoms with Gasteiger partial charge in [0.1, 0.15) is 5.65 Å². The lowest BCUT2D eigenvalue weighted by Gasteiger charge is -2.03. The molecule has 0 saturated heterocycles. The lowest BCUT2D eigenvalue weighted by atomic mass is 10.3. The number of hydrogen-bond acceptors (Lipinski definition) is 4. The molecule has 0 fully saturated rings. The topological polar surface area (TPSA) is 95.7 Å². The molecule has 2 rings (SSSR count). The third-order valence-corrected chi connectivity index (χ3v) is 2.66. The molecule has 0 aliphatic rings. The molecule has 1 amide bonds. The Hall–Kier alpha value is -2.57. The van der Waals surface area contributed by atoms with Gasteiger partial charge in [-0.15, -0.1) is 0 Å². The Morgan fingerprint density at radius 1 is 1.42 bits per heavy atom. The van der Waals surface area contributed by atoms with Crippen LogP contribution in [0.15, 0.2) is 24.4 Å². The van der Waals surface area contributed by atoms with E-state index >= 15 is 0 Å². The second-order valence-electron chi connectivity index (χ2n) is 3.89. The number of carboxylic acid groups (broad SMARTS) is 1. The average Bonchev–Trinajstić information content (AvgIpc) is 2.76. The summed E-state index contributed by atoms with van der Waals surface area (Å²) in [6, 6.07) is 5.23. The zero-order chi connectivity index (χ0) is 13.8. The van der Waals surface area contributed by atoms with E-state index in [1.807, 2.05) is 0 Å². The Morgan fingerprint density at radius 3 is 2.89 bits per heavy atom. The first-order valence-corrected chi connectivity index (χ1v) is 5.78. The molecule has 19 heavy (non-hydrogen) atoms. The summed E-state index contributed by atoms with van der Waals surface area (Å²) in [6.45, 7) is 0.323. The summed E-state index contributed by atoms with van der Waals surface area (Å²) in [7, 11) is 1.55. The number of hydrogen-bond donors (Lipinski definition) is 3. The summed E-state index contributed by atoms with van der Waals surface area (Å²) in [6.07, 6.45) is 1.89. The highest BCUT2D eigenvalue weighted by molar-refractivity contribution is 5.93. The molecule has 0 aliphatic carbocycles. The minimum Gasteiger partial charge on any atom is -0.476 e. The van der Waals surface area contributed by atoms with Crippen molar-refractivity contribution in [3.8, 4) is 0 Å². The maximum atomic E-state index is 11.3. The maximum absolute atomic E-state index is 11.3. The molecule has 0 unspecified atom stereocenters. The van der Waals surface area contributed by atoms with E-state index in [1.165, 1.54) is 4.40 Å². The Kier molecular flexibility index (Phi) is 3.65. The van der Waals surface area contributed by atoms with Crippen LogP contribution in [0.3, 0.4) is 0 Å². The number of carbonyl (C=O) groups is 2. The standard InChI is InChI=1S/C12H14N4O3/c1-13-9(17)5-6-14-11-10(12(18)19)16-7-3-2-4-8(16)15-11/h2-4,7,14H,5-6H2,1H3,(H,13,17)(H,18,19). The molecule has 0 atom stereocenters. The molecule has 0 bridgehead atoms. The van der Waals surface area contributed by atoms with Crippen LogP contribution in [0.5, 0.6) is 0 Å². The number of fused-ring (bicyclic) bond motifs is 1. The number of nitrogens with zero attached hydrogens (tertiary/aromatic N) is 2. The van der Waals surface area contributed by atoms with Crippen LogP contribution >= 0.6 is 0 Å². The summed E-state index contributed by atoms with van der Waals surface area (Å²) in [5, 5.41) is 14.6. The van der Waals surface area contributed by atoms with Gasteiger partial charge < -0.3 is 15.7 Å². The van der Waals surface area contributed by atoms with E-state index in [-0.39, 0.29) is 23.8 Å². The fraction of sp³-hybridized carbons (Fsp3) is 0.250. The Morgan fingerprint density at radius 2 is 2.21 bits per heavy atom. The second-order valence-corrected chi connectivity index (χ2v) is 3.89. The SMILES string of the molecule is CNC(=O)CCNc1nc2ccccn2c1C(=O)O. The van der Waals surface area contributed by atoms with Gasteiger partial charge in [0.05, 0.1) is 0 Å². The molecular formula is C12H14N4O3. The maximum Gasteiger partial charge on any atom is 0.356 e. The normalized spacial score (nSPS) is 10.4. The molecular weight excluding hydrogens is 248 g/mol. The first-order chi connectivity index (χ1) is 9.13. The van der Waals surface area contributed by atoms with E-state index in [1.54, 1.807) is 31.4 Å². The van der Waals surface area contributed by atoms with Crippen molar-refractivity contribution in [3.63, 3.8) is 0 Å². The van der Waals surface area contributed by atoms with Crippen molar-refractivity contribution in [2.75, 3.05) is 18.9 Å². The van der Waals surface area contributed by atoms with Gasteiger partial charge >= 0.3 is 5.97 Å². The first kappa shape index (κ1) is 12.9. The zero-order valence-corrected chi connectivity index (χ0v) is 10.4. The molecule has 7 nitrogen and oxygen atoms in total. The smallest absolute Gasteiger partial charge is 0.356 e. The van der Waals surface area contributed by atoms with Crippen molar-refractivity contribution >= 4 is 23.3 Å². The van der Waals surface area contributed by atoms with E-state index in [0.29, 0.717) is 12.2 Å². The lowest BCUT2D eigenvalue weighted by molar-refractivity contribution is -0.120. The van der Waals surface area contributed by atoms with Crippen molar-refractivity contribution in [2.45, 2.75) is 6.42 Å². The molecule has 2 heterocycles. The minimum absolute atomic E-state index is 0.0625. The zero-order valence-electron chi connectivity index (χ0n) is 10.4. The van der Waals surface area contributed by atoms with Gasteiger partial charge in [-0.1, -0.05) is 6.07 Å². The average molecular weight is 262 g/mol. The number of amides is 1. The number of carboxylic acids is 1. The van der Waals surface area contributed by atoms with Crippen molar-refractivity contribution in [2.24, 2.45) is 0 Å². The number of aromatic nitrogens is 2. The Balaban J connectivity index is 2.24. The van der Waals surface area contributed by atoms with Gasteiger partial charge in [0.15, 0.2) is 11.5 Å². The number of rotatable bonds is 5. The summed E-state index contributed by atoms with van der Waals surface area (Å²) >= 11 is 0. The first-order valence-electron chi connectivity index (χ1n) is 5.78. The lowest BCUT2D eigenvalue weighted by Crippen LogP contribution is -2.21. The molecule has 100 valence electrons. The van der Waals surface area contributed by atoms with Crippen LogP contribution in [0.4, 0.5) is 5.82 Å². The van der Waals surface area contributed by atoms with Crippen LogP contribution in [0, 0.1) is 0 Å². The molecule has 0 aliphatic heterocycles. The molecule has 0 aromatic carbocycles. The molecule has 2 aromatic heterocycles. The predicted octanol–water partition coefficient (Wildman–Crippen LogP) is 0.580.